The van der Waals surface area contributed by atoms with E-state index in [1.54, 1.807) is 10.8 Å². The van der Waals surface area contributed by atoms with Crippen molar-refractivity contribution < 1.29 is 33.4 Å². The van der Waals surface area contributed by atoms with Gasteiger partial charge in [0.25, 0.3) is 5.91 Å². The highest BCUT2D eigenvalue weighted by Gasteiger charge is 2.38. The number of nitrogens with zero attached hydrogens (tertiary/aromatic N) is 4. The first-order valence-electron chi connectivity index (χ1n) is 13.2. The molecule has 42 heavy (non-hydrogen) atoms. The van der Waals surface area contributed by atoms with Crippen molar-refractivity contribution in [3.05, 3.63) is 77.8 Å². The van der Waals surface area contributed by atoms with E-state index in [-0.39, 0.29) is 30.8 Å². The molecule has 6 N–H and O–H groups in total. The Balaban J connectivity index is 2.09. The summed E-state index contributed by atoms with van der Waals surface area (Å²) in [5, 5.41) is 19.3. The Morgan fingerprint density at radius 1 is 1.10 bits per heavy atom. The van der Waals surface area contributed by atoms with Gasteiger partial charge in [0.1, 0.15) is 30.6 Å². The first-order valence-corrected chi connectivity index (χ1v) is 13.2. The van der Waals surface area contributed by atoms with E-state index in [9.17, 15) is 28.3 Å². The number of benzene rings is 2. The Hall–Kier alpha value is -4.20. The molecule has 13 heteroatoms. The molecule has 11 nitrogen and oxygen atoms in total. The number of imidazole rings is 1. The highest BCUT2D eigenvalue weighted by atomic mass is 19.1. The molecule has 2 atom stereocenters. The molecule has 2 unspecified atom stereocenters. The molecule has 226 valence electrons. The normalized spacial score (nSPS) is 13.0. The van der Waals surface area contributed by atoms with Gasteiger partial charge in [-0.15, -0.1) is 0 Å². The highest BCUT2D eigenvalue weighted by Crippen LogP contribution is 2.39. The monoisotopic (exact) mass is 586 g/mol. The molecule has 1 heterocycles. The van der Waals surface area contributed by atoms with Gasteiger partial charge >= 0.3 is 5.97 Å². The lowest BCUT2D eigenvalue weighted by atomic mass is 9.84. The van der Waals surface area contributed by atoms with E-state index in [4.69, 9.17) is 21.7 Å². The Morgan fingerprint density at radius 2 is 1.76 bits per heavy atom. The van der Waals surface area contributed by atoms with Gasteiger partial charge in [-0.2, -0.15) is 0 Å². The molecule has 0 saturated carbocycles. The largest absolute Gasteiger partial charge is 0.480 e. The number of carbonyl (C=O) groups is 3. The van der Waals surface area contributed by atoms with Crippen LogP contribution in [0.25, 0.3) is 11.3 Å². The Kier molecular flexibility index (Phi) is 10.5. The van der Waals surface area contributed by atoms with Gasteiger partial charge in [-0.1, -0.05) is 51.1 Å². The topological polar surface area (TPSA) is 168 Å². The molecule has 3 rings (SSSR count). The van der Waals surface area contributed by atoms with Crippen molar-refractivity contribution >= 4 is 17.8 Å². The van der Waals surface area contributed by atoms with Crippen molar-refractivity contribution in [1.82, 2.24) is 19.5 Å². The second-order valence-electron chi connectivity index (χ2n) is 11.0. The van der Waals surface area contributed by atoms with Gasteiger partial charge in [0, 0.05) is 24.8 Å². The standard InChI is InChI=1S/C29H36F2N6O5/c1-29(2,3)26(36(24(39)17-38)12-11-22(32)28(42)37(33)16-25(40)41)27-34-23(20-13-19(30)9-10-21(20)31)15-35(27)14-18-7-5-4-6-8-18/h4-10,13,15,22,26,38H,11-12,14,16-17,32-33H2,1-3H3,(H,40,41). The summed E-state index contributed by atoms with van der Waals surface area (Å²) in [5.74, 6) is 1.70. The van der Waals surface area contributed by atoms with E-state index in [2.05, 4.69) is 0 Å². The van der Waals surface area contributed by atoms with Crippen LogP contribution in [0.3, 0.4) is 0 Å². The zero-order valence-electron chi connectivity index (χ0n) is 23.7. The molecule has 0 bridgehead atoms. The number of carbonyl (C=O) groups excluding carboxylic acids is 2. The summed E-state index contributed by atoms with van der Waals surface area (Å²) >= 11 is 0. The fourth-order valence-corrected chi connectivity index (χ4v) is 4.70. The summed E-state index contributed by atoms with van der Waals surface area (Å²) in [5.41, 5.74) is 6.24. The summed E-state index contributed by atoms with van der Waals surface area (Å²) in [6, 6.07) is 10.3. The van der Waals surface area contributed by atoms with Gasteiger partial charge < -0.3 is 25.4 Å². The van der Waals surface area contributed by atoms with E-state index in [0.717, 1.165) is 23.8 Å². The zero-order chi connectivity index (χ0) is 31.2. The van der Waals surface area contributed by atoms with Crippen LogP contribution in [-0.4, -0.2) is 73.2 Å². The van der Waals surface area contributed by atoms with Crippen LogP contribution in [0, 0.1) is 17.0 Å². The number of carboxylic acid groups (broad SMARTS) is 1. The van der Waals surface area contributed by atoms with Crippen LogP contribution in [0.15, 0.2) is 54.7 Å². The second kappa shape index (κ2) is 13.6. The number of hydrogen-bond acceptors (Lipinski definition) is 7. The molecule has 2 amide bonds. The number of carboxylic acids is 1. The molecule has 3 aromatic rings. The number of rotatable bonds is 12. The Bertz CT molecular complexity index is 1410. The summed E-state index contributed by atoms with van der Waals surface area (Å²) in [4.78, 5) is 42.7. The predicted octanol–water partition coefficient (Wildman–Crippen LogP) is 2.29. The molecule has 0 fully saturated rings. The van der Waals surface area contributed by atoms with Crippen LogP contribution in [0.4, 0.5) is 8.78 Å². The maximum absolute atomic E-state index is 14.8. The van der Waals surface area contributed by atoms with Gasteiger partial charge in [0.05, 0.1) is 17.8 Å². The van der Waals surface area contributed by atoms with Crippen molar-refractivity contribution in [2.75, 3.05) is 19.7 Å². The van der Waals surface area contributed by atoms with Crippen LogP contribution in [0.2, 0.25) is 0 Å². The molecule has 2 aromatic carbocycles. The van der Waals surface area contributed by atoms with Crippen molar-refractivity contribution in [3.8, 4) is 11.3 Å². The Labute approximate surface area is 242 Å². The van der Waals surface area contributed by atoms with Gasteiger partial charge in [0.2, 0.25) is 5.91 Å². The minimum absolute atomic E-state index is 0.0650. The second-order valence-corrected chi connectivity index (χ2v) is 11.0. The van der Waals surface area contributed by atoms with Crippen molar-refractivity contribution in [2.45, 2.75) is 45.8 Å². The minimum Gasteiger partial charge on any atom is -0.480 e. The number of aliphatic carboxylic acids is 1. The van der Waals surface area contributed by atoms with E-state index in [1.807, 2.05) is 51.1 Å². The van der Waals surface area contributed by atoms with Crippen LogP contribution < -0.4 is 11.6 Å². The number of hydrazine groups is 1. The van der Waals surface area contributed by atoms with E-state index in [1.165, 1.54) is 4.90 Å². The number of amides is 2. The first kappa shape index (κ1) is 32.3. The first-order chi connectivity index (χ1) is 19.7. The Morgan fingerprint density at radius 3 is 2.36 bits per heavy atom. The fraction of sp³-hybridized carbons (Fsp3) is 0.379. The molecule has 0 saturated heterocycles. The predicted molar refractivity (Wildman–Crippen MR) is 150 cm³/mol. The van der Waals surface area contributed by atoms with Crippen LogP contribution in [0.1, 0.15) is 44.6 Å². The maximum Gasteiger partial charge on any atom is 0.324 e. The van der Waals surface area contributed by atoms with Gasteiger partial charge in [-0.3, -0.25) is 19.4 Å². The fourth-order valence-electron chi connectivity index (χ4n) is 4.70. The zero-order valence-corrected chi connectivity index (χ0v) is 23.7. The average molecular weight is 587 g/mol. The molecule has 0 aliphatic rings. The van der Waals surface area contributed by atoms with Crippen molar-refractivity contribution in [1.29, 1.82) is 0 Å². The van der Waals surface area contributed by atoms with Crippen LogP contribution in [-0.2, 0) is 20.9 Å². The lowest BCUT2D eigenvalue weighted by Crippen LogP contribution is -2.51. The third-order valence-electron chi connectivity index (χ3n) is 6.63. The minimum atomic E-state index is -1.32. The summed E-state index contributed by atoms with van der Waals surface area (Å²) in [6.07, 6.45) is 1.46. The van der Waals surface area contributed by atoms with E-state index in [0.29, 0.717) is 10.8 Å². The average Bonchev–Trinajstić information content (AvgIpc) is 3.32. The summed E-state index contributed by atoms with van der Waals surface area (Å²) < 4.78 is 30.7. The van der Waals surface area contributed by atoms with Crippen LogP contribution in [0.5, 0.6) is 0 Å². The number of aliphatic hydroxyl groups excluding tert-OH is 1. The molecule has 0 spiro atoms. The van der Waals surface area contributed by atoms with Crippen LogP contribution >= 0.6 is 0 Å². The molecule has 0 aliphatic carbocycles. The van der Waals surface area contributed by atoms with E-state index >= 15 is 0 Å². The van der Waals surface area contributed by atoms with Crippen molar-refractivity contribution in [3.63, 3.8) is 0 Å². The lowest BCUT2D eigenvalue weighted by molar-refractivity contribution is -0.145. The maximum atomic E-state index is 14.8. The summed E-state index contributed by atoms with van der Waals surface area (Å²) in [7, 11) is 0. The number of nitrogens with two attached hydrogens (primary N) is 2. The third kappa shape index (κ3) is 7.96. The van der Waals surface area contributed by atoms with Gasteiger partial charge in [-0.05, 0) is 35.6 Å². The summed E-state index contributed by atoms with van der Waals surface area (Å²) in [6.45, 7) is 4.08. The van der Waals surface area contributed by atoms with Gasteiger partial charge in [0.15, 0.2) is 0 Å². The quantitative estimate of drug-likeness (QED) is 0.142. The molecular formula is C29H36F2N6O5. The van der Waals surface area contributed by atoms with Crippen molar-refractivity contribution in [2.24, 2.45) is 17.0 Å². The van der Waals surface area contributed by atoms with E-state index < -0.39 is 60.1 Å². The number of hydrogen-bond donors (Lipinski definition) is 4. The van der Waals surface area contributed by atoms with Gasteiger partial charge in [-0.25, -0.2) is 19.6 Å². The SMILES string of the molecule is CC(C)(C)C(c1nc(-c2cc(F)ccc2F)cn1Cc1ccccc1)N(CCC(N)C(=O)N(N)CC(=O)O)C(=O)CO. The highest BCUT2D eigenvalue weighted by molar-refractivity contribution is 5.84. The molecule has 0 aliphatic heterocycles. The smallest absolute Gasteiger partial charge is 0.324 e. The molecule has 0 radical (unpaired) electrons. The molecular weight excluding hydrogens is 550 g/mol. The third-order valence-corrected chi connectivity index (χ3v) is 6.63. The molecule has 1 aromatic heterocycles. The number of halogens is 2. The number of aromatic nitrogens is 2. The number of aliphatic hydroxyl groups is 1. The lowest BCUT2D eigenvalue weighted by Gasteiger charge is -2.40.